The van der Waals surface area contributed by atoms with E-state index in [-0.39, 0.29) is 11.5 Å². The number of halogens is 9. The van der Waals surface area contributed by atoms with Crippen molar-refractivity contribution in [3.8, 4) is 23.0 Å². The highest BCUT2D eigenvalue weighted by Crippen LogP contribution is 2.53. The Morgan fingerprint density at radius 1 is 0.652 bits per heavy atom. The van der Waals surface area contributed by atoms with Gasteiger partial charge in [-0.25, -0.2) is 16.8 Å². The number of esters is 1. The third kappa shape index (κ3) is 14.5. The van der Waals surface area contributed by atoms with Crippen molar-refractivity contribution in [2.24, 2.45) is 11.3 Å². The first-order valence-electron chi connectivity index (χ1n) is 18.9. The molecule has 0 saturated carbocycles. The fourth-order valence-electron chi connectivity index (χ4n) is 4.34. The number of benzene rings is 3. The van der Waals surface area contributed by atoms with Gasteiger partial charge in [0.05, 0.1) is 18.4 Å². The molecule has 2 atom stereocenters. The van der Waals surface area contributed by atoms with E-state index in [1.54, 1.807) is 31.2 Å². The molecule has 3 aromatic carbocycles. The summed E-state index contributed by atoms with van der Waals surface area (Å²) in [7, 11) is -22.9. The van der Waals surface area contributed by atoms with Crippen molar-refractivity contribution in [1.29, 1.82) is 0 Å². The number of ether oxygens (including phenoxy) is 4. The van der Waals surface area contributed by atoms with E-state index in [9.17, 15) is 79.2 Å². The maximum atomic E-state index is 14.1. The van der Waals surface area contributed by atoms with Crippen molar-refractivity contribution in [1.82, 2.24) is 0 Å². The summed E-state index contributed by atoms with van der Waals surface area (Å²) in [4.78, 5) is 36.0. The maximum absolute atomic E-state index is 14.1. The van der Waals surface area contributed by atoms with Crippen molar-refractivity contribution in [2.45, 2.75) is 89.0 Å². The molecule has 0 aliphatic heterocycles. The third-order valence-corrected chi connectivity index (χ3v) is 13.3. The van der Waals surface area contributed by atoms with Gasteiger partial charge >= 0.3 is 38.0 Å². The van der Waals surface area contributed by atoms with Crippen LogP contribution in [0.4, 0.5) is 39.5 Å². The van der Waals surface area contributed by atoms with Crippen LogP contribution in [0.5, 0.6) is 23.0 Å². The van der Waals surface area contributed by atoms with Gasteiger partial charge in [-0.1, -0.05) is 39.0 Å². The molecule has 27 heteroatoms. The summed E-state index contributed by atoms with van der Waals surface area (Å²) in [5, 5.41) is -14.8. The van der Waals surface area contributed by atoms with E-state index >= 15 is 0 Å². The van der Waals surface area contributed by atoms with Crippen molar-refractivity contribution in [2.75, 3.05) is 13.2 Å². The molecule has 0 amide bonds. The van der Waals surface area contributed by atoms with E-state index in [0.29, 0.717) is 59.5 Å². The van der Waals surface area contributed by atoms with Crippen LogP contribution in [0.25, 0.3) is 4.13 Å². The molecule has 0 N–H and O–H groups in total. The number of para-hydroxylation sites is 1. The summed E-state index contributed by atoms with van der Waals surface area (Å²) in [6.07, 6.45) is 0.0333. The van der Waals surface area contributed by atoms with E-state index in [0.717, 1.165) is 12.2 Å². The first kappa shape index (κ1) is 57.1. The van der Waals surface area contributed by atoms with Crippen molar-refractivity contribution in [3.05, 3.63) is 88.6 Å². The second kappa shape index (κ2) is 22.2. The number of sulfonamides is 2. The van der Waals surface area contributed by atoms with E-state index < -0.39 is 93.5 Å². The molecule has 3 aromatic rings. The van der Waals surface area contributed by atoms with E-state index in [2.05, 4.69) is 4.18 Å². The highest BCUT2D eigenvalue weighted by Gasteiger charge is 2.81. The number of Topliss-reactive ketones (excluding diaryl/α,β-unsaturated/α-hetero) is 2. The molecule has 0 aromatic heterocycles. The minimum atomic E-state index is -8.04. The summed E-state index contributed by atoms with van der Waals surface area (Å²) in [5.41, 5.74) is -7.59. The largest absolute Gasteiger partial charge is 0.491 e. The number of carbonyl (C=O) groups is 3. The Morgan fingerprint density at radius 2 is 1.17 bits per heavy atom. The summed E-state index contributed by atoms with van der Waals surface area (Å²) >= 11 is 0. The molecule has 370 valence electrons. The van der Waals surface area contributed by atoms with Gasteiger partial charge in [0.2, 0.25) is 0 Å². The lowest BCUT2D eigenvalue weighted by molar-refractivity contribution is -0.245. The summed E-state index contributed by atoms with van der Waals surface area (Å²) < 4.78 is 214. The Bertz CT molecular complexity index is 2450. The molecule has 2 unspecified atom stereocenters. The zero-order chi connectivity index (χ0) is 50.7. The van der Waals surface area contributed by atoms with E-state index in [1.807, 2.05) is 58.0 Å². The van der Waals surface area contributed by atoms with Crippen LogP contribution in [-0.2, 0) is 44.5 Å². The molecule has 0 heterocycles. The number of ketones is 2. The van der Waals surface area contributed by atoms with Crippen LogP contribution in [-0.4, -0.2) is 84.2 Å². The van der Waals surface area contributed by atoms with Crippen LogP contribution >= 0.6 is 0 Å². The highest BCUT2D eigenvalue weighted by atomic mass is 32.3. The van der Waals surface area contributed by atoms with Gasteiger partial charge in [-0.05, 0) is 94.3 Å². The van der Waals surface area contributed by atoms with E-state index in [1.165, 1.54) is 6.92 Å². The fourth-order valence-corrected chi connectivity index (χ4v) is 7.51. The quantitative estimate of drug-likeness (QED) is 0.0127. The second-order valence-electron chi connectivity index (χ2n) is 14.3. The Kier molecular flexibility index (Phi) is 19.2. The predicted octanol–water partition coefficient (Wildman–Crippen LogP) is 8.81. The molecule has 0 aliphatic rings. The van der Waals surface area contributed by atoms with Gasteiger partial charge < -0.3 is 27.3 Å². The molecule has 0 bridgehead atoms. The van der Waals surface area contributed by atoms with Crippen LogP contribution < -0.4 is 18.4 Å². The lowest BCUT2D eigenvalue weighted by Gasteiger charge is -2.35. The third-order valence-electron chi connectivity index (χ3n) is 8.96. The average Bonchev–Trinajstić information content (AvgIpc) is 3.22. The number of nitrogens with zero attached hydrogens (tertiary/aromatic N) is 1. The first-order chi connectivity index (χ1) is 30.1. The zero-order valence-corrected chi connectivity index (χ0v) is 37.9. The van der Waals surface area contributed by atoms with Crippen LogP contribution in [0.3, 0.4) is 0 Å². The molecule has 66 heavy (non-hydrogen) atoms. The Balaban J connectivity index is 0.000000483. The average molecular weight is 1020 g/mol. The number of hydrogen-bond acceptors (Lipinski definition) is 14. The lowest BCUT2D eigenvalue weighted by atomic mass is 9.91. The predicted molar refractivity (Wildman–Crippen MR) is 216 cm³/mol. The molecule has 0 saturated heterocycles. The molecule has 0 spiro atoms. The van der Waals surface area contributed by atoms with Gasteiger partial charge in [-0.15, -0.1) is 0 Å². The summed E-state index contributed by atoms with van der Waals surface area (Å²) in [6.45, 7) is 11.5. The molecule has 3 rings (SSSR count). The second-order valence-corrected chi connectivity index (χ2v) is 19.4. The zero-order valence-electron chi connectivity index (χ0n) is 35.5. The SMILES string of the molecule is CCC(C)(C)C(=O)Oc1ccc(OC(C)OCCOc2ccccc2)cc1.CCC(C)C(=O)CC(=O)c1ccc(OS(=O)(=O)C(F)(F)C(F)(F)C(F)(F)S(=O)(=O)[N-]S(=O)(=O)C(F)(F)F)cc1. The number of carbonyl (C=O) groups excluding carboxylic acids is 3. The molecule has 0 aliphatic carbocycles. The van der Waals surface area contributed by atoms with Crippen LogP contribution in [0.2, 0.25) is 0 Å². The summed E-state index contributed by atoms with van der Waals surface area (Å²) in [6, 6.07) is 18.6. The van der Waals surface area contributed by atoms with Gasteiger partial charge in [0.15, 0.2) is 32.1 Å². The molecule has 0 fully saturated rings. The number of rotatable bonds is 23. The number of hydrogen-bond donors (Lipinski definition) is 0. The van der Waals surface area contributed by atoms with Gasteiger partial charge in [-0.2, -0.15) is 47.9 Å². The van der Waals surface area contributed by atoms with Gasteiger partial charge in [0, 0.05) is 11.5 Å². The molecular weight excluding hydrogens is 974 g/mol. The van der Waals surface area contributed by atoms with Gasteiger partial charge in [0.1, 0.15) is 35.4 Å². The standard InChI is InChI=1S/C22H28O5.C17H15F9NO9S3/c1-5-22(3,4)21(23)27-20-13-11-19(12-14-20)26-17(2)24-15-16-25-18-9-7-6-8-10-18;1-3-9(2)12(28)8-13(29)10-4-6-11(7-5-10)36-39(34,35)16(22,23)14(18,19)15(20,21)37(30,31)27-38(32,33)17(24,25)26/h6-14,17H,5,15-16H2,1-4H3;4-7,9H,3,8H2,1-2H3/q;-1. The smallest absolute Gasteiger partial charge is 0.480 e. The van der Waals surface area contributed by atoms with Gasteiger partial charge in [0.25, 0.3) is 0 Å². The normalized spacial score (nSPS) is 13.9. The van der Waals surface area contributed by atoms with Crippen molar-refractivity contribution >= 4 is 47.7 Å². The number of alkyl halides is 9. The first-order valence-corrected chi connectivity index (χ1v) is 23.2. The Hall–Kier alpha value is -4.99. The Morgan fingerprint density at radius 3 is 1.67 bits per heavy atom. The molecular formula is C39H43F9NO14S3-. The minimum absolute atomic E-state index is 0.242. The molecule has 15 nitrogen and oxygen atoms in total. The highest BCUT2D eigenvalue weighted by molar-refractivity contribution is 8.13. The summed E-state index contributed by atoms with van der Waals surface area (Å²) in [5.74, 6) is -9.17. The maximum Gasteiger partial charge on any atom is 0.480 e. The monoisotopic (exact) mass is 1020 g/mol. The topological polar surface area (TPSA) is 214 Å². The fraction of sp³-hybridized carbons (Fsp3) is 0.462. The minimum Gasteiger partial charge on any atom is -0.491 e. The van der Waals surface area contributed by atoms with Crippen molar-refractivity contribution < 1.29 is 102 Å². The lowest BCUT2D eigenvalue weighted by Crippen LogP contribution is -2.61. The van der Waals surface area contributed by atoms with E-state index in [4.69, 9.17) is 18.9 Å². The Labute approximate surface area is 374 Å². The van der Waals surface area contributed by atoms with Crippen LogP contribution in [0, 0.1) is 11.3 Å². The van der Waals surface area contributed by atoms with Crippen molar-refractivity contribution in [3.63, 3.8) is 0 Å². The molecule has 0 radical (unpaired) electrons. The van der Waals surface area contributed by atoms with Gasteiger partial charge in [-0.3, -0.25) is 14.4 Å². The van der Waals surface area contributed by atoms with Crippen LogP contribution in [0.1, 0.15) is 71.2 Å². The van der Waals surface area contributed by atoms with Crippen LogP contribution in [0.15, 0.2) is 78.9 Å².